The lowest BCUT2D eigenvalue weighted by Crippen LogP contribution is -2.50. The molecule has 7 heteroatoms. The van der Waals surface area contributed by atoms with Gasteiger partial charge >= 0.3 is 5.97 Å². The maximum Gasteiger partial charge on any atom is 0.312 e. The molecule has 0 aliphatic rings. The fraction of sp³-hybridized carbons (Fsp3) is 0.526. The molecule has 2 amide bonds. The molecule has 144 valence electrons. The van der Waals surface area contributed by atoms with Crippen LogP contribution in [-0.4, -0.2) is 35.5 Å². The van der Waals surface area contributed by atoms with Gasteiger partial charge in [-0.05, 0) is 29.5 Å². The molecule has 2 atom stereocenters. The summed E-state index contributed by atoms with van der Waals surface area (Å²) in [5.74, 6) is -3.23. The number of rotatable bonds is 9. The predicted molar refractivity (Wildman–Crippen MR) is 96.0 cm³/mol. The molecule has 3 N–H and O–H groups in total. The summed E-state index contributed by atoms with van der Waals surface area (Å²) in [5.41, 5.74) is 0.393. The van der Waals surface area contributed by atoms with E-state index in [1.54, 1.807) is 13.8 Å². The van der Waals surface area contributed by atoms with Crippen LogP contribution >= 0.6 is 0 Å². The van der Waals surface area contributed by atoms with Gasteiger partial charge in [-0.1, -0.05) is 39.8 Å². The number of carbonyl (C=O) groups excluding carboxylic acids is 2. The van der Waals surface area contributed by atoms with Crippen molar-refractivity contribution < 1.29 is 23.9 Å². The van der Waals surface area contributed by atoms with Gasteiger partial charge in [0, 0.05) is 13.0 Å². The first kappa shape index (κ1) is 21.6. The van der Waals surface area contributed by atoms with E-state index in [9.17, 15) is 23.9 Å². The highest BCUT2D eigenvalue weighted by atomic mass is 19.1. The molecule has 0 heterocycles. The number of nitrogens with one attached hydrogen (secondary N) is 2. The Morgan fingerprint density at radius 1 is 1.08 bits per heavy atom. The number of aliphatic carboxylic acids is 1. The standard InChI is InChI=1S/C19H27FN2O4/c1-11(2)9-16(23)22-17(12(3)4)18(24)21-10-15(19(25)26)13-5-7-14(20)8-6-13/h5-8,11-12,15,17H,9-10H2,1-4H3,(H,21,24)(H,22,23)(H,25,26). The molecule has 0 aliphatic heterocycles. The van der Waals surface area contributed by atoms with Crippen molar-refractivity contribution in [2.45, 2.75) is 46.1 Å². The summed E-state index contributed by atoms with van der Waals surface area (Å²) in [5, 5.41) is 14.7. The number of benzene rings is 1. The van der Waals surface area contributed by atoms with E-state index in [0.717, 1.165) is 0 Å². The smallest absolute Gasteiger partial charge is 0.312 e. The molecular weight excluding hydrogens is 339 g/mol. The van der Waals surface area contributed by atoms with Crippen LogP contribution in [0.25, 0.3) is 0 Å². The first-order valence-electron chi connectivity index (χ1n) is 8.67. The van der Waals surface area contributed by atoms with E-state index in [0.29, 0.717) is 12.0 Å². The van der Waals surface area contributed by atoms with Crippen LogP contribution in [-0.2, 0) is 14.4 Å². The summed E-state index contributed by atoms with van der Waals surface area (Å²) in [4.78, 5) is 35.9. The molecule has 0 bridgehead atoms. The van der Waals surface area contributed by atoms with Crippen LogP contribution in [0.15, 0.2) is 24.3 Å². The van der Waals surface area contributed by atoms with Crippen molar-refractivity contribution in [1.29, 1.82) is 0 Å². The second kappa shape index (κ2) is 9.89. The molecule has 2 unspecified atom stereocenters. The fourth-order valence-corrected chi connectivity index (χ4v) is 2.49. The van der Waals surface area contributed by atoms with Crippen LogP contribution in [0.3, 0.4) is 0 Å². The van der Waals surface area contributed by atoms with Crippen molar-refractivity contribution in [3.63, 3.8) is 0 Å². The Bertz CT molecular complexity index is 629. The highest BCUT2D eigenvalue weighted by Crippen LogP contribution is 2.16. The van der Waals surface area contributed by atoms with Gasteiger partial charge in [-0.3, -0.25) is 14.4 Å². The van der Waals surface area contributed by atoms with E-state index in [2.05, 4.69) is 10.6 Å². The number of amides is 2. The summed E-state index contributed by atoms with van der Waals surface area (Å²) >= 11 is 0. The van der Waals surface area contributed by atoms with E-state index < -0.39 is 29.7 Å². The lowest BCUT2D eigenvalue weighted by atomic mass is 9.98. The quantitative estimate of drug-likeness (QED) is 0.625. The Morgan fingerprint density at radius 2 is 1.65 bits per heavy atom. The second-order valence-corrected chi connectivity index (χ2v) is 7.07. The Hall–Kier alpha value is -2.44. The number of hydrogen-bond donors (Lipinski definition) is 3. The Kier molecular flexibility index (Phi) is 8.22. The molecule has 0 saturated heterocycles. The maximum atomic E-state index is 13.0. The average molecular weight is 366 g/mol. The van der Waals surface area contributed by atoms with Gasteiger partial charge in [0.05, 0.1) is 5.92 Å². The molecule has 0 saturated carbocycles. The molecule has 0 aliphatic carbocycles. The third-order valence-corrected chi connectivity index (χ3v) is 3.91. The van der Waals surface area contributed by atoms with Crippen molar-refractivity contribution in [2.75, 3.05) is 6.54 Å². The minimum Gasteiger partial charge on any atom is -0.481 e. The summed E-state index contributed by atoms with van der Waals surface area (Å²) in [6.07, 6.45) is 0.309. The molecule has 0 fully saturated rings. The Morgan fingerprint density at radius 3 is 2.12 bits per heavy atom. The third-order valence-electron chi connectivity index (χ3n) is 3.91. The van der Waals surface area contributed by atoms with E-state index in [-0.39, 0.29) is 24.3 Å². The van der Waals surface area contributed by atoms with Crippen molar-refractivity contribution >= 4 is 17.8 Å². The van der Waals surface area contributed by atoms with Crippen LogP contribution in [0.5, 0.6) is 0 Å². The zero-order valence-electron chi connectivity index (χ0n) is 15.6. The summed E-state index contributed by atoms with van der Waals surface area (Å²) < 4.78 is 13.0. The number of hydrogen-bond acceptors (Lipinski definition) is 3. The van der Waals surface area contributed by atoms with E-state index >= 15 is 0 Å². The minimum atomic E-state index is -1.12. The van der Waals surface area contributed by atoms with Gasteiger partial charge in [0.25, 0.3) is 0 Å². The van der Waals surface area contributed by atoms with Crippen molar-refractivity contribution in [3.8, 4) is 0 Å². The van der Waals surface area contributed by atoms with Gasteiger partial charge < -0.3 is 15.7 Å². The molecule has 0 radical (unpaired) electrons. The lowest BCUT2D eigenvalue weighted by molar-refractivity contribution is -0.139. The van der Waals surface area contributed by atoms with Gasteiger partial charge in [0.2, 0.25) is 11.8 Å². The third kappa shape index (κ3) is 6.82. The second-order valence-electron chi connectivity index (χ2n) is 7.07. The van der Waals surface area contributed by atoms with Gasteiger partial charge in [-0.25, -0.2) is 4.39 Å². The molecule has 0 aromatic heterocycles. The molecule has 6 nitrogen and oxygen atoms in total. The summed E-state index contributed by atoms with van der Waals surface area (Å²) in [6.45, 7) is 7.26. The van der Waals surface area contributed by atoms with Crippen LogP contribution in [0, 0.1) is 17.7 Å². The topological polar surface area (TPSA) is 95.5 Å². The molecule has 1 aromatic rings. The maximum absolute atomic E-state index is 13.0. The van der Waals surface area contributed by atoms with Crippen molar-refractivity contribution in [3.05, 3.63) is 35.6 Å². The number of carboxylic acids is 1. The van der Waals surface area contributed by atoms with Crippen LogP contribution in [0.1, 0.15) is 45.6 Å². The largest absolute Gasteiger partial charge is 0.481 e. The SMILES string of the molecule is CC(C)CC(=O)NC(C(=O)NCC(C(=O)O)c1ccc(F)cc1)C(C)C. The Balaban J connectivity index is 2.76. The van der Waals surface area contributed by atoms with E-state index in [4.69, 9.17) is 0 Å². The fourth-order valence-electron chi connectivity index (χ4n) is 2.49. The number of halogens is 1. The predicted octanol–water partition coefficient (Wildman–Crippen LogP) is 2.30. The number of carboxylic acid groups (broad SMARTS) is 1. The highest BCUT2D eigenvalue weighted by molar-refractivity contribution is 5.88. The first-order chi connectivity index (χ1) is 12.1. The van der Waals surface area contributed by atoms with E-state index in [1.165, 1.54) is 24.3 Å². The zero-order valence-corrected chi connectivity index (χ0v) is 15.6. The number of carbonyl (C=O) groups is 3. The zero-order chi connectivity index (χ0) is 19.9. The normalized spacial score (nSPS) is 13.3. The average Bonchev–Trinajstić information content (AvgIpc) is 2.53. The van der Waals surface area contributed by atoms with Gasteiger partial charge in [0.15, 0.2) is 0 Å². The first-order valence-corrected chi connectivity index (χ1v) is 8.67. The van der Waals surface area contributed by atoms with Crippen LogP contribution in [0.4, 0.5) is 4.39 Å². The monoisotopic (exact) mass is 366 g/mol. The van der Waals surface area contributed by atoms with Crippen molar-refractivity contribution in [2.24, 2.45) is 11.8 Å². The lowest BCUT2D eigenvalue weighted by Gasteiger charge is -2.23. The molecule has 1 aromatic carbocycles. The van der Waals surface area contributed by atoms with Gasteiger partial charge in [-0.2, -0.15) is 0 Å². The van der Waals surface area contributed by atoms with Crippen LogP contribution < -0.4 is 10.6 Å². The summed E-state index contributed by atoms with van der Waals surface area (Å²) in [7, 11) is 0. The molecule has 1 rings (SSSR count). The molecular formula is C19H27FN2O4. The highest BCUT2D eigenvalue weighted by Gasteiger charge is 2.27. The summed E-state index contributed by atoms with van der Waals surface area (Å²) in [6, 6.07) is 4.37. The molecule has 0 spiro atoms. The van der Waals surface area contributed by atoms with E-state index in [1.807, 2.05) is 13.8 Å². The Labute approximate surface area is 153 Å². The van der Waals surface area contributed by atoms with Gasteiger partial charge in [0.1, 0.15) is 11.9 Å². The van der Waals surface area contributed by atoms with Crippen molar-refractivity contribution in [1.82, 2.24) is 10.6 Å². The minimum absolute atomic E-state index is 0.150. The van der Waals surface area contributed by atoms with Gasteiger partial charge in [-0.15, -0.1) is 0 Å². The van der Waals surface area contributed by atoms with Crippen LogP contribution in [0.2, 0.25) is 0 Å². The molecule has 26 heavy (non-hydrogen) atoms.